The third-order valence-electron chi connectivity index (χ3n) is 4.92. The minimum absolute atomic E-state index is 0.103. The lowest BCUT2D eigenvalue weighted by Gasteiger charge is -2.23. The Morgan fingerprint density at radius 3 is 2.45 bits per heavy atom. The van der Waals surface area contributed by atoms with E-state index in [9.17, 15) is 14.7 Å². The van der Waals surface area contributed by atoms with Crippen LogP contribution in [0.1, 0.15) is 63.1 Å². The summed E-state index contributed by atoms with van der Waals surface area (Å²) in [4.78, 5) is 26.2. The van der Waals surface area contributed by atoms with E-state index in [1.165, 1.54) is 6.07 Å². The summed E-state index contributed by atoms with van der Waals surface area (Å²) < 4.78 is 10.7. The zero-order valence-electron chi connectivity index (χ0n) is 18.0. The molecule has 0 amide bonds. The summed E-state index contributed by atoms with van der Waals surface area (Å²) in [6.07, 6.45) is 3.33. The Morgan fingerprint density at radius 2 is 1.83 bits per heavy atom. The number of phenols is 1. The molecule has 2 rings (SSSR count). The number of aromatic hydroxyl groups is 1. The van der Waals surface area contributed by atoms with E-state index in [2.05, 4.69) is 18.7 Å². The molecule has 1 heterocycles. The second-order valence-corrected chi connectivity index (χ2v) is 7.48. The Kier molecular flexibility index (Phi) is 8.70. The van der Waals surface area contributed by atoms with Gasteiger partial charge in [-0.05, 0) is 62.9 Å². The normalized spacial score (nSPS) is 11.3. The number of nitrogens with zero attached hydrogens (tertiary/aromatic N) is 1. The van der Waals surface area contributed by atoms with Gasteiger partial charge in [0.05, 0.1) is 12.2 Å². The van der Waals surface area contributed by atoms with E-state index in [0.717, 1.165) is 43.3 Å². The second-order valence-electron chi connectivity index (χ2n) is 7.48. The van der Waals surface area contributed by atoms with Gasteiger partial charge in [-0.15, -0.1) is 0 Å². The Hall–Kier alpha value is -2.34. The Balaban J connectivity index is 2.46. The summed E-state index contributed by atoms with van der Waals surface area (Å²) in [5.41, 5.74) is 2.09. The number of benzene rings is 1. The van der Waals surface area contributed by atoms with E-state index in [1.807, 2.05) is 19.9 Å². The molecule has 29 heavy (non-hydrogen) atoms. The van der Waals surface area contributed by atoms with Gasteiger partial charge in [0, 0.05) is 24.4 Å². The van der Waals surface area contributed by atoms with Gasteiger partial charge in [-0.25, -0.2) is 4.79 Å². The number of hydrogen-bond acceptors (Lipinski definition) is 6. The highest BCUT2D eigenvalue weighted by Gasteiger charge is 2.20. The zero-order chi connectivity index (χ0) is 21.4. The molecular formula is C23H33NO5. The van der Waals surface area contributed by atoms with Crippen LogP contribution >= 0.6 is 0 Å². The van der Waals surface area contributed by atoms with E-state index >= 15 is 0 Å². The first-order valence-corrected chi connectivity index (χ1v) is 10.6. The number of hydrogen-bond donors (Lipinski definition) is 1. The van der Waals surface area contributed by atoms with Gasteiger partial charge in [0.1, 0.15) is 11.3 Å². The maximum atomic E-state index is 12.0. The van der Waals surface area contributed by atoms with Gasteiger partial charge >= 0.3 is 11.6 Å². The third-order valence-corrected chi connectivity index (χ3v) is 4.92. The smallest absolute Gasteiger partial charge is 0.336 e. The van der Waals surface area contributed by atoms with Crippen LogP contribution in [0, 0.1) is 6.92 Å². The minimum atomic E-state index is -0.427. The predicted octanol–water partition coefficient (Wildman–Crippen LogP) is 4.31. The quantitative estimate of drug-likeness (QED) is 0.445. The molecule has 6 nitrogen and oxygen atoms in total. The van der Waals surface area contributed by atoms with E-state index in [-0.39, 0.29) is 18.1 Å². The third kappa shape index (κ3) is 6.07. The average molecular weight is 404 g/mol. The highest BCUT2D eigenvalue weighted by molar-refractivity contribution is 5.86. The SMILES string of the molecule is CCCOC(=O)CCc1cc2c(C)cc(=O)oc2c(CN(CCC)CCC)c1O. The molecule has 6 heteroatoms. The van der Waals surface area contributed by atoms with Crippen LogP contribution in [0.25, 0.3) is 11.0 Å². The van der Waals surface area contributed by atoms with E-state index < -0.39 is 5.63 Å². The highest BCUT2D eigenvalue weighted by Crippen LogP contribution is 2.34. The number of aryl methyl sites for hydroxylation is 2. The topological polar surface area (TPSA) is 80.0 Å². The summed E-state index contributed by atoms with van der Waals surface area (Å²) in [5.74, 6) is -0.172. The van der Waals surface area contributed by atoms with Gasteiger partial charge in [0.15, 0.2) is 0 Å². The van der Waals surface area contributed by atoms with Crippen molar-refractivity contribution in [2.24, 2.45) is 0 Å². The molecule has 1 N–H and O–H groups in total. The van der Waals surface area contributed by atoms with Crippen molar-refractivity contribution in [2.75, 3.05) is 19.7 Å². The van der Waals surface area contributed by atoms with Gasteiger partial charge < -0.3 is 14.3 Å². The summed E-state index contributed by atoms with van der Waals surface area (Å²) in [5, 5.41) is 11.8. The molecule has 0 aliphatic heterocycles. The fourth-order valence-electron chi connectivity index (χ4n) is 3.55. The fourth-order valence-corrected chi connectivity index (χ4v) is 3.55. The van der Waals surface area contributed by atoms with Crippen LogP contribution in [0.2, 0.25) is 0 Å². The highest BCUT2D eigenvalue weighted by atomic mass is 16.5. The van der Waals surface area contributed by atoms with Gasteiger partial charge in [0.25, 0.3) is 0 Å². The summed E-state index contributed by atoms with van der Waals surface area (Å²) >= 11 is 0. The van der Waals surface area contributed by atoms with Crippen molar-refractivity contribution in [3.63, 3.8) is 0 Å². The molecule has 0 aliphatic carbocycles. The molecular weight excluding hydrogens is 370 g/mol. The van der Waals surface area contributed by atoms with Crippen molar-refractivity contribution in [3.05, 3.63) is 39.2 Å². The maximum Gasteiger partial charge on any atom is 0.336 e. The molecule has 160 valence electrons. The molecule has 0 unspecified atom stereocenters. The van der Waals surface area contributed by atoms with Crippen LogP contribution < -0.4 is 5.63 Å². The molecule has 0 spiro atoms. The Labute approximate surface area is 172 Å². The molecule has 0 saturated heterocycles. The molecule has 1 aromatic heterocycles. The van der Waals surface area contributed by atoms with Crippen LogP contribution in [-0.2, 0) is 22.5 Å². The number of carbonyl (C=O) groups excluding carboxylic acids is 1. The first kappa shape index (κ1) is 22.9. The number of carbonyl (C=O) groups is 1. The zero-order valence-corrected chi connectivity index (χ0v) is 18.0. The van der Waals surface area contributed by atoms with Crippen molar-refractivity contribution in [1.29, 1.82) is 0 Å². The van der Waals surface area contributed by atoms with Gasteiger partial charge in [0.2, 0.25) is 0 Å². The van der Waals surface area contributed by atoms with Crippen LogP contribution in [0.15, 0.2) is 21.3 Å². The lowest BCUT2D eigenvalue weighted by atomic mass is 9.98. The molecule has 1 aromatic carbocycles. The van der Waals surface area contributed by atoms with E-state index in [0.29, 0.717) is 36.3 Å². The van der Waals surface area contributed by atoms with Gasteiger partial charge in [-0.2, -0.15) is 0 Å². The second kappa shape index (κ2) is 11.0. The van der Waals surface area contributed by atoms with Gasteiger partial charge in [-0.1, -0.05) is 20.8 Å². The Morgan fingerprint density at radius 1 is 1.14 bits per heavy atom. The van der Waals surface area contributed by atoms with Crippen LogP contribution in [-0.4, -0.2) is 35.7 Å². The van der Waals surface area contributed by atoms with E-state index in [4.69, 9.17) is 9.15 Å². The van der Waals surface area contributed by atoms with Gasteiger partial charge in [-0.3, -0.25) is 9.69 Å². The molecule has 2 aromatic rings. The fraction of sp³-hybridized carbons (Fsp3) is 0.565. The number of phenolic OH excluding ortho intramolecular Hbond substituents is 1. The number of rotatable bonds is 11. The van der Waals surface area contributed by atoms with Crippen molar-refractivity contribution >= 4 is 16.9 Å². The number of ether oxygens (including phenoxy) is 1. The van der Waals surface area contributed by atoms with Crippen LogP contribution in [0.5, 0.6) is 5.75 Å². The van der Waals surface area contributed by atoms with Crippen molar-refractivity contribution in [1.82, 2.24) is 4.90 Å². The first-order chi connectivity index (χ1) is 13.9. The summed E-state index contributed by atoms with van der Waals surface area (Å²) in [6, 6.07) is 3.28. The summed E-state index contributed by atoms with van der Waals surface area (Å²) in [6.45, 7) is 10.7. The summed E-state index contributed by atoms with van der Waals surface area (Å²) in [7, 11) is 0. The molecule has 0 atom stereocenters. The molecule has 0 fully saturated rings. The average Bonchev–Trinajstić information content (AvgIpc) is 2.68. The largest absolute Gasteiger partial charge is 0.507 e. The Bertz CT molecular complexity index is 881. The molecule has 0 radical (unpaired) electrons. The predicted molar refractivity (Wildman–Crippen MR) is 114 cm³/mol. The minimum Gasteiger partial charge on any atom is -0.507 e. The number of fused-ring (bicyclic) bond motifs is 1. The maximum absolute atomic E-state index is 12.0. The first-order valence-electron chi connectivity index (χ1n) is 10.6. The molecule has 0 aliphatic rings. The van der Waals surface area contributed by atoms with E-state index in [1.54, 1.807) is 0 Å². The number of esters is 1. The standard InChI is InChI=1S/C23H33NO5/c1-5-10-24(11-6-2)15-19-22(27)17(8-9-20(25)28-12-7-3)14-18-16(4)13-21(26)29-23(18)19/h13-14,27H,5-12,15H2,1-4H3. The lowest BCUT2D eigenvalue weighted by Crippen LogP contribution is -2.25. The molecule has 0 bridgehead atoms. The molecule has 0 saturated carbocycles. The monoisotopic (exact) mass is 403 g/mol. The van der Waals surface area contributed by atoms with Crippen molar-refractivity contribution in [2.45, 2.75) is 66.3 Å². The van der Waals surface area contributed by atoms with Crippen molar-refractivity contribution < 1.29 is 19.1 Å². The van der Waals surface area contributed by atoms with Crippen LogP contribution in [0.4, 0.5) is 0 Å². The van der Waals surface area contributed by atoms with Crippen molar-refractivity contribution in [3.8, 4) is 5.75 Å². The van der Waals surface area contributed by atoms with Crippen LogP contribution in [0.3, 0.4) is 0 Å². The lowest BCUT2D eigenvalue weighted by molar-refractivity contribution is -0.143.